The van der Waals surface area contributed by atoms with Crippen LogP contribution in [-0.4, -0.2) is 26.5 Å². The van der Waals surface area contributed by atoms with Gasteiger partial charge in [-0.3, -0.25) is 19.7 Å². The number of carbonyl (C=O) groups is 2. The van der Waals surface area contributed by atoms with Gasteiger partial charge in [-0.05, 0) is 30.3 Å². The normalized spacial score (nSPS) is 11.6. The molecule has 234 valence electrons. The Balaban J connectivity index is 1.75. The van der Waals surface area contributed by atoms with Gasteiger partial charge in [0.25, 0.3) is 17.5 Å². The summed E-state index contributed by atoms with van der Waals surface area (Å²) in [4.78, 5) is 38.4. The lowest BCUT2D eigenvalue weighted by molar-refractivity contribution is -0.384. The van der Waals surface area contributed by atoms with Crippen LogP contribution in [0, 0.1) is 10.1 Å². The standard InChI is InChI=1S/C31H19F6N5O4/c32-30(33,34)21-13-4-6-15-23(21)38-28(43)25-26(29(44)39-24-16-7-5-14-22(24)31(35,36)37)40-41(27(25)18-9-2-1-3-10-18)19-11-8-12-20(17-19)42(45)46/h1-17H,(H,38,43)(H,39,44). The van der Waals surface area contributed by atoms with Gasteiger partial charge < -0.3 is 10.6 Å². The summed E-state index contributed by atoms with van der Waals surface area (Å²) in [6.07, 6.45) is -9.77. The van der Waals surface area contributed by atoms with Crippen molar-refractivity contribution in [2.75, 3.05) is 10.6 Å². The fourth-order valence-electron chi connectivity index (χ4n) is 4.62. The van der Waals surface area contributed by atoms with E-state index in [0.717, 1.165) is 41.1 Å². The van der Waals surface area contributed by atoms with Gasteiger partial charge in [-0.25, -0.2) is 4.68 Å². The molecule has 0 fully saturated rings. The van der Waals surface area contributed by atoms with Crippen LogP contribution in [0.5, 0.6) is 0 Å². The maximum atomic E-state index is 13.9. The van der Waals surface area contributed by atoms with Gasteiger partial charge in [-0.1, -0.05) is 60.7 Å². The SMILES string of the molecule is O=C(Nc1ccccc1C(F)(F)F)c1nn(-c2cccc([N+](=O)[O-])c2)c(-c2ccccc2)c1C(=O)Nc1ccccc1C(F)(F)F. The number of rotatable bonds is 7. The van der Waals surface area contributed by atoms with Crippen LogP contribution in [0.15, 0.2) is 103 Å². The van der Waals surface area contributed by atoms with Gasteiger partial charge in [-0.2, -0.15) is 31.4 Å². The molecule has 0 aliphatic carbocycles. The Morgan fingerprint density at radius 1 is 0.696 bits per heavy atom. The number of nitrogens with zero attached hydrogens (tertiary/aromatic N) is 3. The Morgan fingerprint density at radius 2 is 1.22 bits per heavy atom. The molecule has 0 aliphatic heterocycles. The molecule has 0 spiro atoms. The highest BCUT2D eigenvalue weighted by molar-refractivity contribution is 6.17. The van der Waals surface area contributed by atoms with Crippen molar-refractivity contribution in [3.63, 3.8) is 0 Å². The van der Waals surface area contributed by atoms with Gasteiger partial charge in [0.05, 0.1) is 44.4 Å². The van der Waals surface area contributed by atoms with E-state index >= 15 is 0 Å². The second-order valence-electron chi connectivity index (χ2n) is 9.62. The number of anilines is 2. The number of para-hydroxylation sites is 2. The first-order chi connectivity index (χ1) is 21.8. The van der Waals surface area contributed by atoms with Crippen LogP contribution in [0.25, 0.3) is 16.9 Å². The summed E-state index contributed by atoms with van der Waals surface area (Å²) in [6, 6.07) is 20.6. The second kappa shape index (κ2) is 12.2. The molecule has 0 aliphatic rings. The minimum Gasteiger partial charge on any atom is -0.321 e. The Bertz CT molecular complexity index is 1960. The van der Waals surface area contributed by atoms with Gasteiger partial charge >= 0.3 is 12.4 Å². The van der Waals surface area contributed by atoms with E-state index in [1.807, 2.05) is 0 Å². The van der Waals surface area contributed by atoms with E-state index in [9.17, 15) is 46.0 Å². The average molecular weight is 640 g/mol. The summed E-state index contributed by atoms with van der Waals surface area (Å²) >= 11 is 0. The Kier molecular flexibility index (Phi) is 8.33. The topological polar surface area (TPSA) is 119 Å². The monoisotopic (exact) mass is 639 g/mol. The number of nitro groups is 1. The number of amides is 2. The van der Waals surface area contributed by atoms with Crippen LogP contribution in [0.2, 0.25) is 0 Å². The first-order valence-corrected chi connectivity index (χ1v) is 13.1. The number of nitrogens with one attached hydrogen (secondary N) is 2. The number of halogens is 6. The van der Waals surface area contributed by atoms with Crippen LogP contribution in [0.4, 0.5) is 43.4 Å². The molecule has 0 saturated carbocycles. The van der Waals surface area contributed by atoms with Crippen LogP contribution >= 0.6 is 0 Å². The molecule has 0 atom stereocenters. The minimum atomic E-state index is -4.89. The van der Waals surface area contributed by atoms with E-state index in [2.05, 4.69) is 15.7 Å². The lowest BCUT2D eigenvalue weighted by Gasteiger charge is -2.15. The molecule has 0 bridgehead atoms. The molecule has 1 aromatic heterocycles. The summed E-state index contributed by atoms with van der Waals surface area (Å²) in [6.45, 7) is 0. The molecule has 1 heterocycles. The molecule has 0 radical (unpaired) electrons. The van der Waals surface area contributed by atoms with E-state index in [4.69, 9.17) is 0 Å². The molecule has 46 heavy (non-hydrogen) atoms. The van der Waals surface area contributed by atoms with Gasteiger partial charge in [0, 0.05) is 17.7 Å². The van der Waals surface area contributed by atoms with Crippen molar-refractivity contribution in [2.24, 2.45) is 0 Å². The van der Waals surface area contributed by atoms with E-state index in [-0.39, 0.29) is 16.9 Å². The fraction of sp³-hybridized carbons (Fsp3) is 0.0645. The van der Waals surface area contributed by atoms with E-state index in [1.165, 1.54) is 42.5 Å². The number of non-ortho nitro benzene ring substituents is 1. The van der Waals surface area contributed by atoms with Gasteiger partial charge in [0.1, 0.15) is 0 Å². The third-order valence-electron chi connectivity index (χ3n) is 6.62. The van der Waals surface area contributed by atoms with Crippen molar-refractivity contribution in [1.29, 1.82) is 0 Å². The van der Waals surface area contributed by atoms with Crippen molar-refractivity contribution in [2.45, 2.75) is 12.4 Å². The lowest BCUT2D eigenvalue weighted by Crippen LogP contribution is -2.22. The number of nitro benzene ring substituents is 1. The molecule has 4 aromatic carbocycles. The lowest BCUT2D eigenvalue weighted by atomic mass is 10.0. The fourth-order valence-corrected chi connectivity index (χ4v) is 4.62. The van der Waals surface area contributed by atoms with Gasteiger partial charge in [0.2, 0.25) is 0 Å². The summed E-state index contributed by atoms with van der Waals surface area (Å²) in [5, 5.41) is 20.0. The van der Waals surface area contributed by atoms with E-state index in [1.54, 1.807) is 18.2 Å². The quantitative estimate of drug-likeness (QED) is 0.106. The first kappa shape index (κ1) is 31.4. The van der Waals surface area contributed by atoms with Crippen molar-refractivity contribution < 1.29 is 40.9 Å². The van der Waals surface area contributed by atoms with Crippen LogP contribution in [0.3, 0.4) is 0 Å². The predicted molar refractivity (Wildman–Crippen MR) is 154 cm³/mol. The van der Waals surface area contributed by atoms with Crippen molar-refractivity contribution in [1.82, 2.24) is 9.78 Å². The molecular formula is C31H19F6N5O4. The summed E-state index contributed by atoms with van der Waals surface area (Å²) in [7, 11) is 0. The zero-order valence-electron chi connectivity index (χ0n) is 23.1. The minimum absolute atomic E-state index is 0.0347. The van der Waals surface area contributed by atoms with Crippen LogP contribution in [0.1, 0.15) is 32.0 Å². The number of carbonyl (C=O) groups excluding carboxylic acids is 2. The molecular weight excluding hydrogens is 620 g/mol. The van der Waals surface area contributed by atoms with Crippen molar-refractivity contribution >= 4 is 28.9 Å². The third-order valence-corrected chi connectivity index (χ3v) is 6.62. The molecule has 2 N–H and O–H groups in total. The predicted octanol–water partition coefficient (Wildman–Crippen LogP) is 7.99. The molecule has 0 saturated heterocycles. The maximum absolute atomic E-state index is 13.9. The Labute approximate surface area is 255 Å². The largest absolute Gasteiger partial charge is 0.418 e. The molecule has 0 unspecified atom stereocenters. The zero-order valence-corrected chi connectivity index (χ0v) is 23.1. The second-order valence-corrected chi connectivity index (χ2v) is 9.62. The summed E-state index contributed by atoms with van der Waals surface area (Å²) < 4.78 is 83.5. The highest BCUT2D eigenvalue weighted by atomic mass is 19.4. The van der Waals surface area contributed by atoms with Crippen LogP contribution < -0.4 is 10.6 Å². The van der Waals surface area contributed by atoms with Gasteiger partial charge in [-0.15, -0.1) is 0 Å². The molecule has 2 amide bonds. The number of hydrogen-bond acceptors (Lipinski definition) is 5. The van der Waals surface area contributed by atoms with Crippen LogP contribution in [-0.2, 0) is 12.4 Å². The molecule has 9 nitrogen and oxygen atoms in total. The van der Waals surface area contributed by atoms with E-state index in [0.29, 0.717) is 6.07 Å². The number of alkyl halides is 6. The maximum Gasteiger partial charge on any atom is 0.418 e. The van der Waals surface area contributed by atoms with E-state index < -0.39 is 68.5 Å². The molecule has 5 rings (SSSR count). The first-order valence-electron chi connectivity index (χ1n) is 13.1. The number of benzene rings is 4. The molecule has 5 aromatic rings. The number of aromatic nitrogens is 2. The van der Waals surface area contributed by atoms with Crippen molar-refractivity contribution in [3.05, 3.63) is 136 Å². The highest BCUT2D eigenvalue weighted by Gasteiger charge is 2.37. The van der Waals surface area contributed by atoms with Gasteiger partial charge in [0.15, 0.2) is 5.69 Å². The average Bonchev–Trinajstić information content (AvgIpc) is 3.42. The summed E-state index contributed by atoms with van der Waals surface area (Å²) in [5.41, 5.74) is -5.58. The Morgan fingerprint density at radius 3 is 1.76 bits per heavy atom. The third kappa shape index (κ3) is 6.43. The molecule has 15 heteroatoms. The number of hydrogen-bond donors (Lipinski definition) is 2. The van der Waals surface area contributed by atoms with Crippen molar-refractivity contribution in [3.8, 4) is 16.9 Å². The zero-order chi connectivity index (χ0) is 33.2. The summed E-state index contributed by atoms with van der Waals surface area (Å²) in [5.74, 6) is -2.58. The smallest absolute Gasteiger partial charge is 0.321 e. The Hall–Kier alpha value is -5.99. The highest BCUT2D eigenvalue weighted by Crippen LogP contribution is 2.38.